The molecule has 6 nitrogen and oxygen atoms in total. The zero-order chi connectivity index (χ0) is 11.7. The molecule has 1 N–H and O–H groups in total. The van der Waals surface area contributed by atoms with Gasteiger partial charge in [-0.25, -0.2) is 0 Å². The predicted octanol–water partition coefficient (Wildman–Crippen LogP) is 0.623. The Bertz CT molecular complexity index is 376. The first kappa shape index (κ1) is 11.1. The van der Waals surface area contributed by atoms with Gasteiger partial charge in [-0.2, -0.15) is 4.98 Å². The normalized spacial score (nSPS) is 33.4. The van der Waals surface area contributed by atoms with Gasteiger partial charge in [0.25, 0.3) is 0 Å². The van der Waals surface area contributed by atoms with Crippen LogP contribution >= 0.6 is 0 Å². The zero-order valence-electron chi connectivity index (χ0n) is 9.89. The molecule has 2 saturated heterocycles. The maximum Gasteiger partial charge on any atom is 0.233 e. The number of rotatable bonds is 3. The van der Waals surface area contributed by atoms with Gasteiger partial charge < -0.3 is 19.3 Å². The molecule has 17 heavy (non-hydrogen) atoms. The standard InChI is InChI=1S/C11H17N3O3/c1-12-8-6-15-5-7(8)11-13-10(14-17-11)9-3-2-4-16-9/h7-9,12H,2-6H2,1H3. The van der Waals surface area contributed by atoms with Crippen molar-refractivity contribution in [3.05, 3.63) is 11.7 Å². The van der Waals surface area contributed by atoms with Crippen molar-refractivity contribution in [1.82, 2.24) is 15.5 Å². The molecular formula is C11H17N3O3. The van der Waals surface area contributed by atoms with Gasteiger partial charge in [0.15, 0.2) is 0 Å². The Labute approximate surface area is 99.7 Å². The largest absolute Gasteiger partial charge is 0.379 e. The summed E-state index contributed by atoms with van der Waals surface area (Å²) in [7, 11) is 1.92. The van der Waals surface area contributed by atoms with Gasteiger partial charge in [-0.1, -0.05) is 5.16 Å². The highest BCUT2D eigenvalue weighted by molar-refractivity contribution is 5.03. The van der Waals surface area contributed by atoms with E-state index in [4.69, 9.17) is 14.0 Å². The van der Waals surface area contributed by atoms with Crippen LogP contribution in [0.3, 0.4) is 0 Å². The van der Waals surface area contributed by atoms with E-state index in [0.717, 1.165) is 19.4 Å². The zero-order valence-corrected chi connectivity index (χ0v) is 9.89. The van der Waals surface area contributed by atoms with Gasteiger partial charge in [-0.15, -0.1) is 0 Å². The molecule has 3 heterocycles. The van der Waals surface area contributed by atoms with Crippen LogP contribution in [0, 0.1) is 0 Å². The van der Waals surface area contributed by atoms with E-state index >= 15 is 0 Å². The van der Waals surface area contributed by atoms with Crippen LogP contribution in [-0.2, 0) is 9.47 Å². The van der Waals surface area contributed by atoms with Gasteiger partial charge in [-0.3, -0.25) is 0 Å². The monoisotopic (exact) mass is 239 g/mol. The predicted molar refractivity (Wildman–Crippen MR) is 58.6 cm³/mol. The molecule has 94 valence electrons. The summed E-state index contributed by atoms with van der Waals surface area (Å²) in [5, 5.41) is 7.22. The van der Waals surface area contributed by atoms with Crippen LogP contribution in [0.15, 0.2) is 4.52 Å². The van der Waals surface area contributed by atoms with Crippen molar-refractivity contribution in [1.29, 1.82) is 0 Å². The highest BCUT2D eigenvalue weighted by atomic mass is 16.5. The molecule has 0 saturated carbocycles. The average Bonchev–Trinajstić information content (AvgIpc) is 3.09. The maximum absolute atomic E-state index is 5.54. The lowest BCUT2D eigenvalue weighted by molar-refractivity contribution is 0.103. The summed E-state index contributed by atoms with van der Waals surface area (Å²) in [6, 6.07) is 0.257. The molecule has 2 aliphatic heterocycles. The Morgan fingerprint density at radius 2 is 2.29 bits per heavy atom. The smallest absolute Gasteiger partial charge is 0.233 e. The highest BCUT2D eigenvalue weighted by Gasteiger charge is 2.34. The van der Waals surface area contributed by atoms with Crippen LogP contribution in [0.5, 0.6) is 0 Å². The van der Waals surface area contributed by atoms with Crippen molar-refractivity contribution in [2.75, 3.05) is 26.9 Å². The first-order chi connectivity index (χ1) is 8.38. The Morgan fingerprint density at radius 1 is 1.35 bits per heavy atom. The van der Waals surface area contributed by atoms with E-state index in [-0.39, 0.29) is 18.1 Å². The molecule has 1 aromatic heterocycles. The summed E-state index contributed by atoms with van der Waals surface area (Å²) in [6.45, 7) is 2.12. The van der Waals surface area contributed by atoms with Gasteiger partial charge in [0, 0.05) is 12.6 Å². The first-order valence-electron chi connectivity index (χ1n) is 6.08. The number of ether oxygens (including phenoxy) is 2. The molecule has 2 fully saturated rings. The molecule has 6 heteroatoms. The van der Waals surface area contributed by atoms with E-state index in [0.29, 0.717) is 24.9 Å². The van der Waals surface area contributed by atoms with Crippen molar-refractivity contribution in [2.45, 2.75) is 30.9 Å². The third-order valence-electron chi connectivity index (χ3n) is 3.44. The third kappa shape index (κ3) is 2.08. The molecule has 3 rings (SSSR count). The Hall–Kier alpha value is -0.980. The Balaban J connectivity index is 1.75. The number of nitrogens with one attached hydrogen (secondary N) is 1. The van der Waals surface area contributed by atoms with Crippen LogP contribution in [0.4, 0.5) is 0 Å². The van der Waals surface area contributed by atoms with Crippen LogP contribution in [-0.4, -0.2) is 43.1 Å². The van der Waals surface area contributed by atoms with E-state index in [9.17, 15) is 0 Å². The molecule has 3 atom stereocenters. The van der Waals surface area contributed by atoms with Crippen LogP contribution in [0.1, 0.15) is 36.6 Å². The summed E-state index contributed by atoms with van der Waals surface area (Å²) in [6.07, 6.45) is 2.07. The topological polar surface area (TPSA) is 69.4 Å². The summed E-state index contributed by atoms with van der Waals surface area (Å²) in [5.74, 6) is 1.49. The maximum atomic E-state index is 5.54. The molecular weight excluding hydrogens is 222 g/mol. The number of hydrogen-bond donors (Lipinski definition) is 1. The van der Waals surface area contributed by atoms with E-state index in [1.165, 1.54) is 0 Å². The second-order valence-electron chi connectivity index (χ2n) is 4.53. The van der Waals surface area contributed by atoms with Crippen LogP contribution in [0.25, 0.3) is 0 Å². The molecule has 0 aliphatic carbocycles. The summed E-state index contributed by atoms with van der Waals surface area (Å²) >= 11 is 0. The van der Waals surface area contributed by atoms with Gasteiger partial charge in [0.1, 0.15) is 6.10 Å². The molecule has 0 amide bonds. The minimum atomic E-state index is 0.0165. The Kier molecular flexibility index (Phi) is 3.09. The molecule has 0 aromatic carbocycles. The van der Waals surface area contributed by atoms with Crippen LogP contribution < -0.4 is 5.32 Å². The van der Waals surface area contributed by atoms with E-state index in [1.807, 2.05) is 7.05 Å². The molecule has 1 aromatic rings. The SMILES string of the molecule is CNC1COCC1c1nc(C2CCCO2)no1. The number of nitrogens with zero attached hydrogens (tertiary/aromatic N) is 2. The van der Waals surface area contributed by atoms with Crippen molar-refractivity contribution < 1.29 is 14.0 Å². The van der Waals surface area contributed by atoms with Gasteiger partial charge in [0.05, 0.1) is 19.1 Å². The van der Waals surface area contributed by atoms with E-state index in [2.05, 4.69) is 15.5 Å². The molecule has 0 spiro atoms. The van der Waals surface area contributed by atoms with Crippen molar-refractivity contribution in [3.63, 3.8) is 0 Å². The fraction of sp³-hybridized carbons (Fsp3) is 0.818. The lowest BCUT2D eigenvalue weighted by Gasteiger charge is -2.11. The first-order valence-corrected chi connectivity index (χ1v) is 6.08. The lowest BCUT2D eigenvalue weighted by atomic mass is 10.0. The highest BCUT2D eigenvalue weighted by Crippen LogP contribution is 2.29. The van der Waals surface area contributed by atoms with Crippen molar-refractivity contribution in [2.24, 2.45) is 0 Å². The summed E-state index contributed by atoms with van der Waals surface area (Å²) in [5.41, 5.74) is 0. The fourth-order valence-electron chi connectivity index (χ4n) is 2.39. The number of hydrogen-bond acceptors (Lipinski definition) is 6. The number of likely N-dealkylation sites (N-methyl/N-ethyl adjacent to an activating group) is 1. The minimum Gasteiger partial charge on any atom is -0.379 e. The fourth-order valence-corrected chi connectivity index (χ4v) is 2.39. The average molecular weight is 239 g/mol. The summed E-state index contributed by atoms with van der Waals surface area (Å²) in [4.78, 5) is 4.45. The molecule has 2 aliphatic rings. The Morgan fingerprint density at radius 3 is 3.06 bits per heavy atom. The molecule has 0 radical (unpaired) electrons. The number of aromatic nitrogens is 2. The van der Waals surface area contributed by atoms with Crippen molar-refractivity contribution >= 4 is 0 Å². The lowest BCUT2D eigenvalue weighted by Crippen LogP contribution is -2.31. The van der Waals surface area contributed by atoms with Gasteiger partial charge >= 0.3 is 0 Å². The van der Waals surface area contributed by atoms with E-state index in [1.54, 1.807) is 0 Å². The quantitative estimate of drug-likeness (QED) is 0.834. The van der Waals surface area contributed by atoms with E-state index < -0.39 is 0 Å². The van der Waals surface area contributed by atoms with Gasteiger partial charge in [0.2, 0.25) is 11.7 Å². The second kappa shape index (κ2) is 4.72. The third-order valence-corrected chi connectivity index (χ3v) is 3.44. The minimum absolute atomic E-state index is 0.0165. The second-order valence-corrected chi connectivity index (χ2v) is 4.53. The molecule has 3 unspecified atom stereocenters. The van der Waals surface area contributed by atoms with Gasteiger partial charge in [-0.05, 0) is 19.9 Å². The summed E-state index contributed by atoms with van der Waals surface area (Å²) < 4.78 is 16.3. The van der Waals surface area contributed by atoms with Crippen LogP contribution in [0.2, 0.25) is 0 Å². The molecule has 0 bridgehead atoms. The van der Waals surface area contributed by atoms with Crippen molar-refractivity contribution in [3.8, 4) is 0 Å².